The van der Waals surface area contributed by atoms with Crippen molar-refractivity contribution in [2.75, 3.05) is 0 Å². The van der Waals surface area contributed by atoms with Crippen LogP contribution in [0.5, 0.6) is 0 Å². The molecule has 22 heavy (non-hydrogen) atoms. The number of nitrogens with zero attached hydrogens (tertiary/aromatic N) is 3. The zero-order valence-electron chi connectivity index (χ0n) is 12.2. The fourth-order valence-corrected chi connectivity index (χ4v) is 2.48. The van der Waals surface area contributed by atoms with Gasteiger partial charge in [0.1, 0.15) is 11.6 Å². The average molecular weight is 298 g/mol. The number of carbonyl (C=O) groups excluding carboxylic acids is 1. The fraction of sp³-hybridized carbons (Fsp3) is 0.188. The van der Waals surface area contributed by atoms with Crippen LogP contribution < -0.4 is 5.32 Å². The van der Waals surface area contributed by atoms with E-state index >= 15 is 0 Å². The number of nitrogens with one attached hydrogen (secondary N) is 1. The Morgan fingerprint density at radius 3 is 2.86 bits per heavy atom. The van der Waals surface area contributed by atoms with Crippen LogP contribution in [0.1, 0.15) is 25.7 Å². The van der Waals surface area contributed by atoms with E-state index < -0.39 is 0 Å². The molecule has 1 N–H and O–H groups in total. The lowest BCUT2D eigenvalue weighted by molar-refractivity contribution is -0.119. The van der Waals surface area contributed by atoms with Crippen molar-refractivity contribution in [2.24, 2.45) is 0 Å². The van der Waals surface area contributed by atoms with Crippen LogP contribution in [-0.4, -0.2) is 20.4 Å². The first kappa shape index (κ1) is 14.2. The summed E-state index contributed by atoms with van der Waals surface area (Å²) >= 11 is 0. The number of pyridine rings is 1. The zero-order chi connectivity index (χ0) is 15.7. The van der Waals surface area contributed by atoms with Gasteiger partial charge < -0.3 is 5.32 Å². The van der Waals surface area contributed by atoms with Crippen molar-refractivity contribution in [3.05, 3.63) is 54.4 Å². The van der Waals surface area contributed by atoms with Gasteiger partial charge in [-0.2, -0.15) is 0 Å². The fourth-order valence-electron chi connectivity index (χ4n) is 2.48. The Labute approximate surface area is 126 Å². The average Bonchev–Trinajstić information content (AvgIpc) is 2.86. The number of halogens is 1. The van der Waals surface area contributed by atoms with Crippen molar-refractivity contribution < 1.29 is 9.18 Å². The Morgan fingerprint density at radius 2 is 2.18 bits per heavy atom. The van der Waals surface area contributed by atoms with Gasteiger partial charge in [0, 0.05) is 19.2 Å². The predicted molar refractivity (Wildman–Crippen MR) is 81.1 cm³/mol. The Balaban J connectivity index is 2.25. The van der Waals surface area contributed by atoms with E-state index in [0.29, 0.717) is 16.9 Å². The van der Waals surface area contributed by atoms with E-state index in [2.05, 4.69) is 15.3 Å². The summed E-state index contributed by atoms with van der Waals surface area (Å²) in [6.07, 6.45) is 3.34. The van der Waals surface area contributed by atoms with Crippen LogP contribution in [0, 0.1) is 5.82 Å². The summed E-state index contributed by atoms with van der Waals surface area (Å²) in [7, 11) is 0. The van der Waals surface area contributed by atoms with E-state index in [9.17, 15) is 9.18 Å². The summed E-state index contributed by atoms with van der Waals surface area (Å²) in [5.74, 6) is 0.142. The molecule has 3 aromatic rings. The summed E-state index contributed by atoms with van der Waals surface area (Å²) < 4.78 is 15.4. The number of amides is 1. The lowest BCUT2D eigenvalue weighted by Crippen LogP contribution is -2.26. The Bertz CT molecular complexity index is 829. The monoisotopic (exact) mass is 298 g/mol. The van der Waals surface area contributed by atoms with Gasteiger partial charge in [-0.05, 0) is 31.2 Å². The quantitative estimate of drug-likeness (QED) is 0.809. The first-order chi connectivity index (χ1) is 10.6. The molecule has 2 aromatic heterocycles. The molecule has 0 bridgehead atoms. The maximum absolute atomic E-state index is 13.6. The van der Waals surface area contributed by atoms with Crippen LogP contribution in [-0.2, 0) is 4.79 Å². The molecule has 0 aliphatic rings. The van der Waals surface area contributed by atoms with Gasteiger partial charge in [-0.15, -0.1) is 0 Å². The second-order valence-electron chi connectivity index (χ2n) is 5.07. The van der Waals surface area contributed by atoms with Crippen LogP contribution in [0.25, 0.3) is 16.7 Å². The molecule has 1 unspecified atom stereocenters. The van der Waals surface area contributed by atoms with Gasteiger partial charge in [0.2, 0.25) is 5.91 Å². The summed E-state index contributed by atoms with van der Waals surface area (Å²) in [6.45, 7) is 3.29. The molecule has 0 radical (unpaired) electrons. The number of fused-ring (bicyclic) bond motifs is 1. The highest BCUT2D eigenvalue weighted by Gasteiger charge is 2.19. The van der Waals surface area contributed by atoms with Crippen molar-refractivity contribution in [2.45, 2.75) is 19.9 Å². The van der Waals surface area contributed by atoms with Gasteiger partial charge in [-0.3, -0.25) is 14.3 Å². The molecule has 0 saturated heterocycles. The van der Waals surface area contributed by atoms with Crippen molar-refractivity contribution in [1.29, 1.82) is 0 Å². The molecule has 112 valence electrons. The normalized spacial score (nSPS) is 12.3. The lowest BCUT2D eigenvalue weighted by atomic mass is 10.2. The highest BCUT2D eigenvalue weighted by atomic mass is 19.1. The van der Waals surface area contributed by atoms with Crippen LogP contribution in [0.4, 0.5) is 4.39 Å². The second-order valence-corrected chi connectivity index (χ2v) is 5.07. The number of benzene rings is 1. The summed E-state index contributed by atoms with van der Waals surface area (Å²) in [4.78, 5) is 20.0. The molecule has 0 fully saturated rings. The molecule has 0 aliphatic carbocycles. The van der Waals surface area contributed by atoms with E-state index in [0.717, 1.165) is 5.69 Å². The molecule has 3 rings (SSSR count). The second kappa shape index (κ2) is 5.55. The number of hydrogen-bond acceptors (Lipinski definition) is 3. The molecule has 2 heterocycles. The first-order valence-corrected chi connectivity index (χ1v) is 6.91. The van der Waals surface area contributed by atoms with Crippen molar-refractivity contribution in [3.8, 4) is 5.69 Å². The van der Waals surface area contributed by atoms with Gasteiger partial charge in [0.15, 0.2) is 0 Å². The van der Waals surface area contributed by atoms with Gasteiger partial charge in [-0.25, -0.2) is 9.37 Å². The molecule has 0 spiro atoms. The van der Waals surface area contributed by atoms with Crippen LogP contribution in [0.15, 0.2) is 42.7 Å². The Hall–Kier alpha value is -2.76. The standard InChI is InChI=1S/C16H15FN4O/c1-10(19-11(2)22)16-20-14-6-5-12(17)8-15(14)21(16)13-4-3-7-18-9-13/h3-10H,1-2H3,(H,19,22). The maximum Gasteiger partial charge on any atom is 0.217 e. The summed E-state index contributed by atoms with van der Waals surface area (Å²) in [5, 5.41) is 2.81. The Kier molecular flexibility index (Phi) is 3.58. The smallest absolute Gasteiger partial charge is 0.217 e. The predicted octanol–water partition coefficient (Wildman–Crippen LogP) is 2.76. The molecule has 5 nitrogen and oxygen atoms in total. The van der Waals surface area contributed by atoms with Crippen LogP contribution >= 0.6 is 0 Å². The van der Waals surface area contributed by atoms with Gasteiger partial charge in [0.05, 0.1) is 29.0 Å². The lowest BCUT2D eigenvalue weighted by Gasteiger charge is -2.15. The minimum atomic E-state index is -0.337. The van der Waals surface area contributed by atoms with Gasteiger partial charge >= 0.3 is 0 Å². The topological polar surface area (TPSA) is 59.8 Å². The third kappa shape index (κ3) is 2.55. The molecular weight excluding hydrogens is 283 g/mol. The molecule has 6 heteroatoms. The summed E-state index contributed by atoms with van der Waals surface area (Å²) in [6, 6.07) is 7.78. The highest BCUT2D eigenvalue weighted by Crippen LogP contribution is 2.25. The first-order valence-electron chi connectivity index (χ1n) is 6.91. The molecule has 1 amide bonds. The zero-order valence-corrected chi connectivity index (χ0v) is 12.2. The van der Waals surface area contributed by atoms with E-state index in [1.165, 1.54) is 19.1 Å². The molecule has 1 atom stereocenters. The van der Waals surface area contributed by atoms with Crippen molar-refractivity contribution in [1.82, 2.24) is 19.9 Å². The number of hydrogen-bond donors (Lipinski definition) is 1. The molecule has 0 saturated carbocycles. The minimum Gasteiger partial charge on any atom is -0.347 e. The Morgan fingerprint density at radius 1 is 1.36 bits per heavy atom. The largest absolute Gasteiger partial charge is 0.347 e. The molecule has 1 aromatic carbocycles. The molecule has 0 aliphatic heterocycles. The third-order valence-corrected chi connectivity index (χ3v) is 3.35. The summed E-state index contributed by atoms with van der Waals surface area (Å²) in [5.41, 5.74) is 2.07. The van der Waals surface area contributed by atoms with Crippen LogP contribution in [0.3, 0.4) is 0 Å². The van der Waals surface area contributed by atoms with Gasteiger partial charge in [-0.1, -0.05) is 0 Å². The van der Waals surface area contributed by atoms with E-state index in [4.69, 9.17) is 0 Å². The van der Waals surface area contributed by atoms with Crippen LogP contribution in [0.2, 0.25) is 0 Å². The van der Waals surface area contributed by atoms with Crippen molar-refractivity contribution in [3.63, 3.8) is 0 Å². The number of imidazole rings is 1. The molecular formula is C16H15FN4O. The van der Waals surface area contributed by atoms with E-state index in [1.807, 2.05) is 17.6 Å². The minimum absolute atomic E-state index is 0.150. The number of carbonyl (C=O) groups is 1. The van der Waals surface area contributed by atoms with Crippen molar-refractivity contribution >= 4 is 16.9 Å². The van der Waals surface area contributed by atoms with E-state index in [1.54, 1.807) is 24.5 Å². The third-order valence-electron chi connectivity index (χ3n) is 3.35. The highest BCUT2D eigenvalue weighted by molar-refractivity contribution is 5.79. The number of rotatable bonds is 3. The van der Waals surface area contributed by atoms with Gasteiger partial charge in [0.25, 0.3) is 0 Å². The SMILES string of the molecule is CC(=O)NC(C)c1nc2ccc(F)cc2n1-c1cccnc1. The number of aromatic nitrogens is 3. The van der Waals surface area contributed by atoms with E-state index in [-0.39, 0.29) is 17.8 Å². The maximum atomic E-state index is 13.6.